The molecular formula is C14H25N3O. The Morgan fingerprint density at radius 2 is 2.17 bits per heavy atom. The van der Waals surface area contributed by atoms with E-state index in [9.17, 15) is 5.26 Å². The minimum atomic E-state index is -0.278. The van der Waals surface area contributed by atoms with Gasteiger partial charge in [-0.2, -0.15) is 5.26 Å². The van der Waals surface area contributed by atoms with Crippen molar-refractivity contribution < 1.29 is 4.74 Å². The van der Waals surface area contributed by atoms with Gasteiger partial charge in [-0.3, -0.25) is 10.2 Å². The first-order valence-corrected chi connectivity index (χ1v) is 7.15. The second-order valence-corrected chi connectivity index (χ2v) is 5.58. The summed E-state index contributed by atoms with van der Waals surface area (Å²) < 4.78 is 5.21. The minimum Gasteiger partial charge on any atom is -0.383 e. The van der Waals surface area contributed by atoms with Crippen LogP contribution in [0.5, 0.6) is 0 Å². The fourth-order valence-electron chi connectivity index (χ4n) is 3.21. The first-order valence-electron chi connectivity index (χ1n) is 7.15. The maximum atomic E-state index is 9.42. The molecule has 2 atom stereocenters. The Morgan fingerprint density at radius 1 is 1.39 bits per heavy atom. The molecule has 2 saturated carbocycles. The molecule has 18 heavy (non-hydrogen) atoms. The van der Waals surface area contributed by atoms with E-state index < -0.39 is 0 Å². The quantitative estimate of drug-likeness (QED) is 0.745. The van der Waals surface area contributed by atoms with Crippen LogP contribution in [0.15, 0.2) is 0 Å². The van der Waals surface area contributed by atoms with Gasteiger partial charge in [0.1, 0.15) is 5.54 Å². The monoisotopic (exact) mass is 251 g/mol. The van der Waals surface area contributed by atoms with E-state index in [-0.39, 0.29) is 5.54 Å². The second kappa shape index (κ2) is 6.01. The third kappa shape index (κ3) is 3.03. The zero-order chi connectivity index (χ0) is 13.0. The van der Waals surface area contributed by atoms with Crippen LogP contribution >= 0.6 is 0 Å². The number of rotatable bonds is 7. The fraction of sp³-hybridized carbons (Fsp3) is 0.929. The van der Waals surface area contributed by atoms with Gasteiger partial charge in [0.2, 0.25) is 0 Å². The molecule has 2 aliphatic carbocycles. The van der Waals surface area contributed by atoms with Gasteiger partial charge >= 0.3 is 0 Å². The van der Waals surface area contributed by atoms with E-state index in [1.54, 1.807) is 7.11 Å². The van der Waals surface area contributed by atoms with Crippen molar-refractivity contribution in [2.24, 2.45) is 0 Å². The predicted octanol–water partition coefficient (Wildman–Crippen LogP) is 1.52. The van der Waals surface area contributed by atoms with Crippen molar-refractivity contribution in [3.8, 4) is 6.07 Å². The molecule has 0 aromatic heterocycles. The summed E-state index contributed by atoms with van der Waals surface area (Å²) in [7, 11) is 1.76. The summed E-state index contributed by atoms with van der Waals surface area (Å²) in [5.41, 5.74) is -0.278. The Morgan fingerprint density at radius 3 is 2.72 bits per heavy atom. The van der Waals surface area contributed by atoms with Crippen molar-refractivity contribution in [2.45, 2.75) is 56.7 Å². The molecule has 0 aromatic rings. The summed E-state index contributed by atoms with van der Waals surface area (Å²) in [6, 6.07) is 3.82. The number of hydrogen-bond donors (Lipinski definition) is 1. The second-order valence-electron chi connectivity index (χ2n) is 5.58. The fourth-order valence-corrected chi connectivity index (χ4v) is 3.21. The van der Waals surface area contributed by atoms with Gasteiger partial charge in [0.25, 0.3) is 0 Å². The topological polar surface area (TPSA) is 48.3 Å². The molecule has 102 valence electrons. The van der Waals surface area contributed by atoms with Crippen molar-refractivity contribution in [2.75, 3.05) is 26.8 Å². The number of methoxy groups -OCH3 is 1. The summed E-state index contributed by atoms with van der Waals surface area (Å²) in [6.07, 6.45) is 5.73. The lowest BCUT2D eigenvalue weighted by atomic mass is 9.99. The molecule has 4 heteroatoms. The molecule has 2 rings (SSSR count). The van der Waals surface area contributed by atoms with Crippen LogP contribution in [0.25, 0.3) is 0 Å². The van der Waals surface area contributed by atoms with Crippen LogP contribution in [-0.2, 0) is 4.74 Å². The molecular weight excluding hydrogens is 226 g/mol. The van der Waals surface area contributed by atoms with Crippen molar-refractivity contribution in [3.05, 3.63) is 0 Å². The SMILES string of the molecule is CCNC1(C#N)CCC(N(CCOC)C2CC2)C1. The first-order chi connectivity index (χ1) is 8.74. The highest BCUT2D eigenvalue weighted by Gasteiger charge is 2.44. The molecule has 0 aliphatic heterocycles. The Balaban J connectivity index is 1.94. The van der Waals surface area contributed by atoms with Gasteiger partial charge in [0.15, 0.2) is 0 Å². The Bertz CT molecular complexity index is 311. The van der Waals surface area contributed by atoms with Gasteiger partial charge < -0.3 is 4.74 Å². The molecule has 0 bridgehead atoms. The van der Waals surface area contributed by atoms with Crippen molar-refractivity contribution >= 4 is 0 Å². The van der Waals surface area contributed by atoms with Gasteiger partial charge in [-0.25, -0.2) is 0 Å². The van der Waals surface area contributed by atoms with Crippen molar-refractivity contribution in [1.82, 2.24) is 10.2 Å². The lowest BCUT2D eigenvalue weighted by Gasteiger charge is -2.30. The highest BCUT2D eigenvalue weighted by Crippen LogP contribution is 2.38. The van der Waals surface area contributed by atoms with E-state index in [0.717, 1.165) is 45.0 Å². The number of nitrogens with one attached hydrogen (secondary N) is 1. The van der Waals surface area contributed by atoms with E-state index in [4.69, 9.17) is 4.74 Å². The standard InChI is InChI=1S/C14H25N3O/c1-3-16-14(11-15)7-6-13(10-14)17(8-9-18-2)12-4-5-12/h12-13,16H,3-10H2,1-2H3. The largest absolute Gasteiger partial charge is 0.383 e. The van der Waals surface area contributed by atoms with Crippen molar-refractivity contribution in [3.63, 3.8) is 0 Å². The zero-order valence-corrected chi connectivity index (χ0v) is 11.6. The van der Waals surface area contributed by atoms with Gasteiger partial charge in [-0.1, -0.05) is 6.92 Å². The van der Waals surface area contributed by atoms with E-state index in [1.807, 2.05) is 0 Å². The minimum absolute atomic E-state index is 0.278. The van der Waals surface area contributed by atoms with Gasteiger partial charge in [-0.15, -0.1) is 0 Å². The predicted molar refractivity (Wildman–Crippen MR) is 71.3 cm³/mol. The molecule has 0 saturated heterocycles. The van der Waals surface area contributed by atoms with Gasteiger partial charge in [0.05, 0.1) is 12.7 Å². The molecule has 0 radical (unpaired) electrons. The molecule has 0 spiro atoms. The molecule has 0 heterocycles. The summed E-state index contributed by atoms with van der Waals surface area (Å²) in [4.78, 5) is 2.58. The molecule has 2 fully saturated rings. The number of nitrogens with zero attached hydrogens (tertiary/aromatic N) is 2. The molecule has 2 aliphatic rings. The maximum Gasteiger partial charge on any atom is 0.108 e. The van der Waals surface area contributed by atoms with Crippen LogP contribution in [-0.4, -0.2) is 49.3 Å². The molecule has 2 unspecified atom stereocenters. The third-order valence-corrected chi connectivity index (χ3v) is 4.26. The highest BCUT2D eigenvalue weighted by atomic mass is 16.5. The molecule has 4 nitrogen and oxygen atoms in total. The van der Waals surface area contributed by atoms with Crippen LogP contribution in [0.2, 0.25) is 0 Å². The summed E-state index contributed by atoms with van der Waals surface area (Å²) in [5.74, 6) is 0. The lowest BCUT2D eigenvalue weighted by molar-refractivity contribution is 0.113. The zero-order valence-electron chi connectivity index (χ0n) is 11.6. The summed E-state index contributed by atoms with van der Waals surface area (Å²) in [5, 5.41) is 12.8. The van der Waals surface area contributed by atoms with E-state index in [1.165, 1.54) is 12.8 Å². The first kappa shape index (κ1) is 13.8. The van der Waals surface area contributed by atoms with Gasteiger partial charge in [0, 0.05) is 25.7 Å². The summed E-state index contributed by atoms with van der Waals surface area (Å²) >= 11 is 0. The Labute approximate surface area is 110 Å². The number of nitriles is 1. The smallest absolute Gasteiger partial charge is 0.108 e. The maximum absolute atomic E-state index is 9.42. The third-order valence-electron chi connectivity index (χ3n) is 4.26. The van der Waals surface area contributed by atoms with Crippen LogP contribution in [0.3, 0.4) is 0 Å². The summed E-state index contributed by atoms with van der Waals surface area (Å²) in [6.45, 7) is 4.77. The van der Waals surface area contributed by atoms with Crippen LogP contribution < -0.4 is 5.32 Å². The number of ether oxygens (including phenoxy) is 1. The van der Waals surface area contributed by atoms with Crippen LogP contribution in [0.1, 0.15) is 39.0 Å². The Hall–Kier alpha value is -0.630. The molecule has 1 N–H and O–H groups in total. The Kier molecular flexibility index (Phi) is 4.60. The number of hydrogen-bond acceptors (Lipinski definition) is 4. The van der Waals surface area contributed by atoms with Crippen LogP contribution in [0.4, 0.5) is 0 Å². The molecule has 0 amide bonds. The highest BCUT2D eigenvalue weighted by molar-refractivity contribution is 5.14. The average molecular weight is 251 g/mol. The average Bonchev–Trinajstić information content (AvgIpc) is 3.13. The van der Waals surface area contributed by atoms with E-state index in [2.05, 4.69) is 23.2 Å². The van der Waals surface area contributed by atoms with Crippen LogP contribution in [0, 0.1) is 11.3 Å². The van der Waals surface area contributed by atoms with Gasteiger partial charge in [-0.05, 0) is 38.6 Å². The lowest BCUT2D eigenvalue weighted by Crippen LogP contribution is -2.45. The van der Waals surface area contributed by atoms with Crippen molar-refractivity contribution in [1.29, 1.82) is 5.26 Å². The van der Waals surface area contributed by atoms with E-state index in [0.29, 0.717) is 6.04 Å². The molecule has 0 aromatic carbocycles. The van der Waals surface area contributed by atoms with E-state index >= 15 is 0 Å². The normalized spacial score (nSPS) is 31.8.